The summed E-state index contributed by atoms with van der Waals surface area (Å²) in [6.45, 7) is 7.06. The van der Waals surface area contributed by atoms with Crippen LogP contribution in [0.1, 0.15) is 13.3 Å². The van der Waals surface area contributed by atoms with E-state index >= 15 is 0 Å². The van der Waals surface area contributed by atoms with Gasteiger partial charge in [-0.3, -0.25) is 9.69 Å². The molecular formula is C15H25N5O. The van der Waals surface area contributed by atoms with Crippen LogP contribution in [0.3, 0.4) is 0 Å². The van der Waals surface area contributed by atoms with Gasteiger partial charge in [-0.25, -0.2) is 4.98 Å². The average Bonchev–Trinajstić information content (AvgIpc) is 2.54. The fourth-order valence-electron chi connectivity index (χ4n) is 2.41. The Kier molecular flexibility index (Phi) is 5.95. The van der Waals surface area contributed by atoms with Crippen molar-refractivity contribution in [1.82, 2.24) is 15.2 Å². The van der Waals surface area contributed by atoms with Crippen LogP contribution < -0.4 is 16.0 Å². The molecule has 1 aliphatic heterocycles. The molecule has 1 aromatic heterocycles. The van der Waals surface area contributed by atoms with Crippen LogP contribution in [-0.2, 0) is 4.79 Å². The predicted molar refractivity (Wildman–Crippen MR) is 84.2 cm³/mol. The van der Waals surface area contributed by atoms with Gasteiger partial charge in [0.2, 0.25) is 5.91 Å². The lowest BCUT2D eigenvalue weighted by molar-refractivity contribution is -0.122. The second-order valence-electron chi connectivity index (χ2n) is 5.47. The van der Waals surface area contributed by atoms with Crippen LogP contribution in [0.4, 0.5) is 5.82 Å². The molecule has 6 heteroatoms. The Bertz CT molecular complexity index is 431. The first-order valence-electron chi connectivity index (χ1n) is 7.57. The summed E-state index contributed by atoms with van der Waals surface area (Å²) in [5.41, 5.74) is 5.49. The van der Waals surface area contributed by atoms with Gasteiger partial charge in [-0.1, -0.05) is 6.07 Å². The van der Waals surface area contributed by atoms with Crippen LogP contribution in [0.2, 0.25) is 0 Å². The van der Waals surface area contributed by atoms with E-state index in [0.29, 0.717) is 13.0 Å². The Morgan fingerprint density at radius 1 is 1.38 bits per heavy atom. The molecule has 1 atom stereocenters. The minimum Gasteiger partial charge on any atom is -0.354 e. The Balaban J connectivity index is 1.69. The minimum absolute atomic E-state index is 0.0542. The van der Waals surface area contributed by atoms with Crippen LogP contribution in [0.15, 0.2) is 24.4 Å². The zero-order chi connectivity index (χ0) is 15.1. The standard InChI is InChI=1S/C15H25N5O/c1-13(12-16)18-15(21)5-7-19-8-10-20(11-9-19)14-4-2-3-6-17-14/h2-4,6,13H,5,7-12,16H2,1H3,(H,18,21)/t13-/m0/s1. The number of hydrogen-bond donors (Lipinski definition) is 2. The first-order chi connectivity index (χ1) is 10.2. The van der Waals surface area contributed by atoms with E-state index in [1.54, 1.807) is 0 Å². The molecule has 2 rings (SSSR count). The normalized spacial score (nSPS) is 17.5. The van der Waals surface area contributed by atoms with Gasteiger partial charge >= 0.3 is 0 Å². The summed E-state index contributed by atoms with van der Waals surface area (Å²) in [6.07, 6.45) is 2.36. The van der Waals surface area contributed by atoms with Crippen molar-refractivity contribution >= 4 is 11.7 Å². The van der Waals surface area contributed by atoms with E-state index in [0.717, 1.165) is 38.5 Å². The Labute approximate surface area is 126 Å². The number of rotatable bonds is 6. The van der Waals surface area contributed by atoms with E-state index in [4.69, 9.17) is 5.73 Å². The third-order valence-electron chi connectivity index (χ3n) is 3.76. The van der Waals surface area contributed by atoms with Crippen LogP contribution in [-0.4, -0.2) is 61.1 Å². The molecule has 1 saturated heterocycles. The zero-order valence-corrected chi connectivity index (χ0v) is 12.7. The molecule has 0 unspecified atom stereocenters. The first kappa shape index (κ1) is 15.7. The number of amides is 1. The number of pyridine rings is 1. The second kappa shape index (κ2) is 7.95. The smallest absolute Gasteiger partial charge is 0.221 e. The van der Waals surface area contributed by atoms with E-state index in [2.05, 4.69) is 20.1 Å². The quantitative estimate of drug-likeness (QED) is 0.775. The van der Waals surface area contributed by atoms with Crippen molar-refractivity contribution < 1.29 is 4.79 Å². The summed E-state index contributed by atoms with van der Waals surface area (Å²) in [5, 5.41) is 2.89. The minimum atomic E-state index is 0.0542. The number of piperazine rings is 1. The molecule has 3 N–H and O–H groups in total. The number of carbonyl (C=O) groups is 1. The second-order valence-corrected chi connectivity index (χ2v) is 5.47. The molecule has 6 nitrogen and oxygen atoms in total. The average molecular weight is 291 g/mol. The van der Waals surface area contributed by atoms with Gasteiger partial charge in [0, 0.05) is 57.9 Å². The van der Waals surface area contributed by atoms with Gasteiger partial charge in [0.1, 0.15) is 5.82 Å². The zero-order valence-electron chi connectivity index (χ0n) is 12.7. The Morgan fingerprint density at radius 3 is 2.76 bits per heavy atom. The summed E-state index contributed by atoms with van der Waals surface area (Å²) < 4.78 is 0. The Hall–Kier alpha value is -1.66. The van der Waals surface area contributed by atoms with Crippen molar-refractivity contribution in [1.29, 1.82) is 0 Å². The van der Waals surface area contributed by atoms with Crippen molar-refractivity contribution in [3.63, 3.8) is 0 Å². The van der Waals surface area contributed by atoms with Crippen molar-refractivity contribution in [3.05, 3.63) is 24.4 Å². The fraction of sp³-hybridized carbons (Fsp3) is 0.600. The van der Waals surface area contributed by atoms with Crippen LogP contribution in [0.25, 0.3) is 0 Å². The third-order valence-corrected chi connectivity index (χ3v) is 3.76. The summed E-state index contributed by atoms with van der Waals surface area (Å²) >= 11 is 0. The summed E-state index contributed by atoms with van der Waals surface area (Å²) in [7, 11) is 0. The van der Waals surface area contributed by atoms with Crippen molar-refractivity contribution in [2.24, 2.45) is 5.73 Å². The van der Waals surface area contributed by atoms with E-state index in [-0.39, 0.29) is 11.9 Å². The highest BCUT2D eigenvalue weighted by atomic mass is 16.1. The lowest BCUT2D eigenvalue weighted by Crippen LogP contribution is -2.48. The van der Waals surface area contributed by atoms with E-state index in [1.165, 1.54) is 0 Å². The van der Waals surface area contributed by atoms with Gasteiger partial charge in [0.25, 0.3) is 0 Å². The van der Waals surface area contributed by atoms with Crippen LogP contribution in [0, 0.1) is 0 Å². The largest absolute Gasteiger partial charge is 0.354 e. The van der Waals surface area contributed by atoms with Gasteiger partial charge in [-0.05, 0) is 19.1 Å². The highest BCUT2D eigenvalue weighted by Crippen LogP contribution is 2.12. The van der Waals surface area contributed by atoms with Gasteiger partial charge in [-0.15, -0.1) is 0 Å². The summed E-state index contributed by atoms with van der Waals surface area (Å²) in [4.78, 5) is 20.7. The van der Waals surface area contributed by atoms with Crippen LogP contribution >= 0.6 is 0 Å². The molecule has 116 valence electrons. The lowest BCUT2D eigenvalue weighted by Gasteiger charge is -2.35. The van der Waals surface area contributed by atoms with Crippen LogP contribution in [0.5, 0.6) is 0 Å². The maximum Gasteiger partial charge on any atom is 0.221 e. The maximum atomic E-state index is 11.7. The molecule has 0 spiro atoms. The van der Waals surface area contributed by atoms with E-state index in [1.807, 2.05) is 31.3 Å². The molecule has 21 heavy (non-hydrogen) atoms. The molecule has 0 aliphatic carbocycles. The van der Waals surface area contributed by atoms with E-state index < -0.39 is 0 Å². The first-order valence-corrected chi connectivity index (χ1v) is 7.57. The van der Waals surface area contributed by atoms with Gasteiger partial charge in [0.15, 0.2) is 0 Å². The summed E-state index contributed by atoms with van der Waals surface area (Å²) in [5.74, 6) is 1.12. The highest BCUT2D eigenvalue weighted by molar-refractivity contribution is 5.76. The maximum absolute atomic E-state index is 11.7. The third kappa shape index (κ3) is 4.99. The molecule has 0 bridgehead atoms. The van der Waals surface area contributed by atoms with Crippen molar-refractivity contribution in [2.75, 3.05) is 44.2 Å². The molecule has 0 saturated carbocycles. The van der Waals surface area contributed by atoms with E-state index in [9.17, 15) is 4.79 Å². The molecule has 2 heterocycles. The van der Waals surface area contributed by atoms with Crippen molar-refractivity contribution in [2.45, 2.75) is 19.4 Å². The fourth-order valence-corrected chi connectivity index (χ4v) is 2.41. The van der Waals surface area contributed by atoms with Gasteiger partial charge in [-0.2, -0.15) is 0 Å². The molecule has 0 aromatic carbocycles. The number of nitrogens with one attached hydrogen (secondary N) is 1. The van der Waals surface area contributed by atoms with Gasteiger partial charge < -0.3 is 16.0 Å². The topological polar surface area (TPSA) is 74.5 Å². The SMILES string of the molecule is C[C@@H](CN)NC(=O)CCN1CCN(c2ccccn2)CC1. The number of hydrogen-bond acceptors (Lipinski definition) is 5. The molecule has 1 amide bonds. The molecular weight excluding hydrogens is 266 g/mol. The van der Waals surface area contributed by atoms with Gasteiger partial charge in [0.05, 0.1) is 0 Å². The molecule has 1 aliphatic rings. The molecule has 0 radical (unpaired) electrons. The molecule has 1 fully saturated rings. The Morgan fingerprint density at radius 2 is 2.14 bits per heavy atom. The van der Waals surface area contributed by atoms with Crippen molar-refractivity contribution in [3.8, 4) is 0 Å². The monoisotopic (exact) mass is 291 g/mol. The number of carbonyl (C=O) groups excluding carboxylic acids is 1. The number of anilines is 1. The predicted octanol–water partition coefficient (Wildman–Crippen LogP) is 0.0571. The molecule has 1 aromatic rings. The highest BCUT2D eigenvalue weighted by Gasteiger charge is 2.18. The lowest BCUT2D eigenvalue weighted by atomic mass is 10.2. The number of nitrogens with two attached hydrogens (primary N) is 1. The number of aromatic nitrogens is 1. The summed E-state index contributed by atoms with van der Waals surface area (Å²) in [6, 6.07) is 6.04. The number of nitrogens with zero attached hydrogens (tertiary/aromatic N) is 3.